The molecule has 25 heavy (non-hydrogen) atoms. The molecule has 0 saturated carbocycles. The molecular weight excluding hydrogens is 362 g/mol. The second-order valence-corrected chi connectivity index (χ2v) is 9.19. The van der Waals surface area contributed by atoms with Crippen LogP contribution in [0.25, 0.3) is 10.2 Å². The Morgan fingerprint density at radius 1 is 1.28 bits per heavy atom. The van der Waals surface area contributed by atoms with Gasteiger partial charge in [-0.2, -0.15) is 0 Å². The summed E-state index contributed by atoms with van der Waals surface area (Å²) in [6, 6.07) is 3.68. The molecule has 3 rings (SSSR count). The van der Waals surface area contributed by atoms with Crippen molar-refractivity contribution in [3.63, 3.8) is 0 Å². The molecule has 1 fully saturated rings. The number of piperidine rings is 1. The summed E-state index contributed by atoms with van der Waals surface area (Å²) in [5, 5.41) is 0.865. The fourth-order valence-electron chi connectivity index (χ4n) is 3.11. The summed E-state index contributed by atoms with van der Waals surface area (Å²) in [5.41, 5.74) is 0.778. The lowest BCUT2D eigenvalue weighted by molar-refractivity contribution is 0.322. The van der Waals surface area contributed by atoms with Crippen molar-refractivity contribution in [1.82, 2.24) is 9.29 Å². The smallest absolute Gasteiger partial charge is 0.211 e. The molecule has 9 heteroatoms. The van der Waals surface area contributed by atoms with E-state index < -0.39 is 10.0 Å². The topological polar surface area (TPSA) is 72.0 Å². The van der Waals surface area contributed by atoms with Crippen molar-refractivity contribution < 1.29 is 17.9 Å². The van der Waals surface area contributed by atoms with Gasteiger partial charge in [0.2, 0.25) is 10.0 Å². The number of hydrogen-bond donors (Lipinski definition) is 0. The Morgan fingerprint density at radius 3 is 2.60 bits per heavy atom. The first-order chi connectivity index (χ1) is 11.8. The van der Waals surface area contributed by atoms with Crippen LogP contribution in [-0.2, 0) is 10.0 Å². The van der Waals surface area contributed by atoms with E-state index in [2.05, 4.69) is 4.90 Å². The molecule has 1 atom stereocenters. The van der Waals surface area contributed by atoms with Gasteiger partial charge in [-0.3, -0.25) is 0 Å². The number of methoxy groups -OCH3 is 2. The van der Waals surface area contributed by atoms with Crippen molar-refractivity contribution in [3.05, 3.63) is 12.1 Å². The van der Waals surface area contributed by atoms with E-state index in [1.54, 1.807) is 32.6 Å². The first-order valence-corrected chi connectivity index (χ1v) is 10.7. The number of anilines is 1. The average Bonchev–Trinajstić information content (AvgIpc) is 3.05. The van der Waals surface area contributed by atoms with Gasteiger partial charge < -0.3 is 14.4 Å². The Hall–Kier alpha value is -1.58. The fourth-order valence-corrected chi connectivity index (χ4v) is 4.93. The molecule has 1 aliphatic heterocycles. The first-order valence-electron chi connectivity index (χ1n) is 8.04. The minimum Gasteiger partial charge on any atom is -0.495 e. The normalized spacial score (nSPS) is 18.8. The second-order valence-electron chi connectivity index (χ2n) is 6.17. The van der Waals surface area contributed by atoms with Gasteiger partial charge in [0.05, 0.1) is 20.5 Å². The molecule has 1 unspecified atom stereocenters. The Labute approximate surface area is 152 Å². The van der Waals surface area contributed by atoms with E-state index in [9.17, 15) is 8.42 Å². The molecule has 1 aromatic heterocycles. The second kappa shape index (κ2) is 6.97. The lowest BCUT2D eigenvalue weighted by Gasteiger charge is -2.36. The first kappa shape index (κ1) is 18.2. The van der Waals surface area contributed by atoms with Gasteiger partial charge in [-0.25, -0.2) is 17.7 Å². The van der Waals surface area contributed by atoms with Gasteiger partial charge in [-0.1, -0.05) is 11.3 Å². The van der Waals surface area contributed by atoms with Crippen molar-refractivity contribution in [2.45, 2.75) is 18.9 Å². The standard InChI is InChI=1S/C16H23N3O4S2/c1-18(25(4,20)21)11-6-5-9-19(10-11)16-17-14-12(22-2)7-8-13(23-3)15(14)24-16/h7-8,11H,5-6,9-10H2,1-4H3. The van der Waals surface area contributed by atoms with Crippen LogP contribution >= 0.6 is 11.3 Å². The Balaban J connectivity index is 1.93. The number of hydrogen-bond acceptors (Lipinski definition) is 7. The molecule has 7 nitrogen and oxygen atoms in total. The Morgan fingerprint density at radius 2 is 1.96 bits per heavy atom. The van der Waals surface area contributed by atoms with Crippen molar-refractivity contribution in [2.75, 3.05) is 45.5 Å². The minimum absolute atomic E-state index is 0.0421. The van der Waals surface area contributed by atoms with E-state index in [-0.39, 0.29) is 6.04 Å². The predicted octanol–water partition coefficient (Wildman–Crippen LogP) is 2.17. The highest BCUT2D eigenvalue weighted by atomic mass is 32.2. The van der Waals surface area contributed by atoms with Gasteiger partial charge in [-0.05, 0) is 25.0 Å². The molecule has 0 N–H and O–H groups in total. The zero-order valence-electron chi connectivity index (χ0n) is 14.9. The predicted molar refractivity (Wildman–Crippen MR) is 101 cm³/mol. The number of rotatable bonds is 5. The maximum atomic E-state index is 11.8. The third-order valence-electron chi connectivity index (χ3n) is 4.60. The molecule has 0 amide bonds. The van der Waals surface area contributed by atoms with Crippen molar-refractivity contribution >= 4 is 36.7 Å². The molecule has 2 heterocycles. The fraction of sp³-hybridized carbons (Fsp3) is 0.562. The highest BCUT2D eigenvalue weighted by Gasteiger charge is 2.29. The molecule has 0 spiro atoms. The van der Waals surface area contributed by atoms with Gasteiger partial charge in [0, 0.05) is 26.2 Å². The monoisotopic (exact) mass is 385 g/mol. The van der Waals surface area contributed by atoms with Crippen LogP contribution in [0.2, 0.25) is 0 Å². The van der Waals surface area contributed by atoms with Gasteiger partial charge in [0.1, 0.15) is 21.7 Å². The number of sulfonamides is 1. The summed E-state index contributed by atoms with van der Waals surface area (Å²) < 4.78 is 36.9. The summed E-state index contributed by atoms with van der Waals surface area (Å²) in [5.74, 6) is 1.47. The lowest BCUT2D eigenvalue weighted by atomic mass is 10.1. The van der Waals surface area contributed by atoms with E-state index in [0.29, 0.717) is 12.3 Å². The summed E-state index contributed by atoms with van der Waals surface area (Å²) in [7, 11) is 1.70. The Kier molecular flexibility index (Phi) is 5.08. The highest BCUT2D eigenvalue weighted by Crippen LogP contribution is 2.40. The SMILES string of the molecule is COc1ccc(OC)c2sc(N3CCCC(N(C)S(C)(=O)=O)C3)nc12. The minimum atomic E-state index is -3.20. The van der Waals surface area contributed by atoms with Crippen LogP contribution < -0.4 is 14.4 Å². The van der Waals surface area contributed by atoms with Gasteiger partial charge in [0.15, 0.2) is 5.13 Å². The summed E-state index contributed by atoms with van der Waals surface area (Å²) in [6.45, 7) is 1.49. The molecule has 0 radical (unpaired) electrons. The van der Waals surface area contributed by atoms with Crippen LogP contribution in [0.3, 0.4) is 0 Å². The van der Waals surface area contributed by atoms with Crippen molar-refractivity contribution in [1.29, 1.82) is 0 Å². The molecule has 2 aromatic rings. The van der Waals surface area contributed by atoms with Crippen LogP contribution in [0.1, 0.15) is 12.8 Å². The molecular formula is C16H23N3O4S2. The quantitative estimate of drug-likeness (QED) is 0.786. The van der Waals surface area contributed by atoms with Crippen molar-refractivity contribution in [3.8, 4) is 11.5 Å². The Bertz CT molecular complexity index is 825. The zero-order valence-corrected chi connectivity index (χ0v) is 16.5. The molecule has 1 saturated heterocycles. The van der Waals surface area contributed by atoms with Crippen LogP contribution in [-0.4, -0.2) is 64.4 Å². The van der Waals surface area contributed by atoms with E-state index in [1.807, 2.05) is 12.1 Å². The van der Waals surface area contributed by atoms with Crippen LogP contribution in [0.4, 0.5) is 5.13 Å². The third-order valence-corrected chi connectivity index (χ3v) is 7.08. The number of nitrogens with zero attached hydrogens (tertiary/aromatic N) is 3. The number of likely N-dealkylation sites (N-methyl/N-ethyl adjacent to an activating group) is 1. The van der Waals surface area contributed by atoms with E-state index >= 15 is 0 Å². The van der Waals surface area contributed by atoms with Gasteiger partial charge >= 0.3 is 0 Å². The van der Waals surface area contributed by atoms with Crippen LogP contribution in [0.15, 0.2) is 12.1 Å². The van der Waals surface area contributed by atoms with Gasteiger partial charge in [0.25, 0.3) is 0 Å². The summed E-state index contributed by atoms with van der Waals surface area (Å²) in [6.07, 6.45) is 3.03. The van der Waals surface area contributed by atoms with E-state index in [0.717, 1.165) is 40.5 Å². The van der Waals surface area contributed by atoms with Crippen molar-refractivity contribution in [2.24, 2.45) is 0 Å². The lowest BCUT2D eigenvalue weighted by Crippen LogP contribution is -2.48. The summed E-state index contributed by atoms with van der Waals surface area (Å²) in [4.78, 5) is 6.90. The summed E-state index contributed by atoms with van der Waals surface area (Å²) >= 11 is 1.55. The molecule has 0 aliphatic carbocycles. The molecule has 138 valence electrons. The largest absolute Gasteiger partial charge is 0.495 e. The number of benzene rings is 1. The highest BCUT2D eigenvalue weighted by molar-refractivity contribution is 7.88. The number of aromatic nitrogens is 1. The third kappa shape index (κ3) is 3.54. The molecule has 1 aliphatic rings. The number of ether oxygens (including phenoxy) is 2. The van der Waals surface area contributed by atoms with E-state index in [1.165, 1.54) is 10.6 Å². The van der Waals surface area contributed by atoms with E-state index in [4.69, 9.17) is 14.5 Å². The average molecular weight is 386 g/mol. The molecule has 1 aromatic carbocycles. The number of thiazole rings is 1. The maximum Gasteiger partial charge on any atom is 0.211 e. The molecule has 0 bridgehead atoms. The zero-order chi connectivity index (χ0) is 18.2. The van der Waals surface area contributed by atoms with Crippen LogP contribution in [0.5, 0.6) is 11.5 Å². The number of fused-ring (bicyclic) bond motifs is 1. The maximum absolute atomic E-state index is 11.8. The van der Waals surface area contributed by atoms with Gasteiger partial charge in [-0.15, -0.1) is 0 Å². The van der Waals surface area contributed by atoms with Crippen LogP contribution in [0, 0.1) is 0 Å².